The maximum Gasteiger partial charge on any atom is 0.435 e. The van der Waals surface area contributed by atoms with Crippen molar-refractivity contribution < 1.29 is 13.2 Å². The number of hydrogen-bond acceptors (Lipinski definition) is 3. The van der Waals surface area contributed by atoms with E-state index in [4.69, 9.17) is 5.26 Å². The molecule has 3 rings (SSSR count). The predicted octanol–water partition coefficient (Wildman–Crippen LogP) is 3.37. The summed E-state index contributed by atoms with van der Waals surface area (Å²) in [5.74, 6) is 0. The molecule has 0 radical (unpaired) electrons. The van der Waals surface area contributed by atoms with Crippen molar-refractivity contribution in [3.63, 3.8) is 0 Å². The second-order valence-electron chi connectivity index (χ2n) is 4.71. The molecule has 0 aliphatic carbocycles. The van der Waals surface area contributed by atoms with Gasteiger partial charge in [-0.3, -0.25) is 9.67 Å². The fraction of sp³-hybridized carbons (Fsp3) is 0.133. The average molecular weight is 302 g/mol. The van der Waals surface area contributed by atoms with Gasteiger partial charge < -0.3 is 0 Å². The van der Waals surface area contributed by atoms with Crippen LogP contribution in [0.2, 0.25) is 0 Å². The Hall–Kier alpha value is -2.88. The molecule has 7 heteroatoms. The zero-order chi connectivity index (χ0) is 15.7. The Bertz CT molecular complexity index is 874. The lowest BCUT2D eigenvalue weighted by Crippen LogP contribution is -2.09. The van der Waals surface area contributed by atoms with Crippen LogP contribution in [0.15, 0.2) is 42.7 Å². The number of hydrogen-bond donors (Lipinski definition) is 0. The number of pyridine rings is 1. The lowest BCUT2D eigenvalue weighted by atomic mass is 10.1. The van der Waals surface area contributed by atoms with Gasteiger partial charge in [0.25, 0.3) is 0 Å². The quantitative estimate of drug-likeness (QED) is 0.729. The van der Waals surface area contributed by atoms with Gasteiger partial charge in [-0.25, -0.2) is 0 Å². The van der Waals surface area contributed by atoms with Crippen LogP contribution >= 0.6 is 0 Å². The monoisotopic (exact) mass is 302 g/mol. The maximum absolute atomic E-state index is 13.0. The summed E-state index contributed by atoms with van der Waals surface area (Å²) in [5.41, 5.74) is 0.553. The van der Waals surface area contributed by atoms with E-state index in [1.54, 1.807) is 24.3 Å². The van der Waals surface area contributed by atoms with Gasteiger partial charge in [0.05, 0.1) is 29.1 Å². The molecule has 0 bridgehead atoms. The smallest absolute Gasteiger partial charge is 0.264 e. The summed E-state index contributed by atoms with van der Waals surface area (Å²) in [7, 11) is 0. The van der Waals surface area contributed by atoms with Crippen molar-refractivity contribution in [1.29, 1.82) is 5.26 Å². The fourth-order valence-corrected chi connectivity index (χ4v) is 2.27. The van der Waals surface area contributed by atoms with Crippen molar-refractivity contribution in [2.24, 2.45) is 0 Å². The zero-order valence-electron chi connectivity index (χ0n) is 11.2. The molecular formula is C15H9F3N4. The number of alkyl halides is 3. The van der Waals surface area contributed by atoms with Gasteiger partial charge in [-0.2, -0.15) is 23.5 Å². The molecule has 22 heavy (non-hydrogen) atoms. The van der Waals surface area contributed by atoms with Gasteiger partial charge in [0, 0.05) is 12.4 Å². The highest BCUT2D eigenvalue weighted by atomic mass is 19.4. The van der Waals surface area contributed by atoms with E-state index in [2.05, 4.69) is 10.1 Å². The normalized spacial score (nSPS) is 11.5. The number of rotatable bonds is 2. The Labute approximate surface area is 123 Å². The molecule has 1 aromatic carbocycles. The molecule has 0 aliphatic heterocycles. The molecule has 2 aromatic heterocycles. The van der Waals surface area contributed by atoms with Gasteiger partial charge in [0.1, 0.15) is 0 Å². The molecule has 0 N–H and O–H groups in total. The predicted molar refractivity (Wildman–Crippen MR) is 72.8 cm³/mol. The van der Waals surface area contributed by atoms with Gasteiger partial charge >= 0.3 is 6.18 Å². The first-order valence-electron chi connectivity index (χ1n) is 6.36. The first-order chi connectivity index (χ1) is 10.5. The number of aromatic nitrogens is 3. The van der Waals surface area contributed by atoms with E-state index in [1.165, 1.54) is 16.9 Å². The van der Waals surface area contributed by atoms with E-state index in [0.29, 0.717) is 16.6 Å². The van der Waals surface area contributed by atoms with Gasteiger partial charge in [-0.1, -0.05) is 12.1 Å². The molecule has 0 saturated heterocycles. The summed E-state index contributed by atoms with van der Waals surface area (Å²) in [4.78, 5) is 3.74. The molecule has 0 amide bonds. The zero-order valence-corrected chi connectivity index (χ0v) is 11.2. The number of benzene rings is 1. The minimum atomic E-state index is -4.54. The first-order valence-corrected chi connectivity index (χ1v) is 6.36. The lowest BCUT2D eigenvalue weighted by molar-refractivity contribution is -0.140. The van der Waals surface area contributed by atoms with E-state index < -0.39 is 11.9 Å². The van der Waals surface area contributed by atoms with Crippen molar-refractivity contribution in [2.75, 3.05) is 0 Å². The minimum Gasteiger partial charge on any atom is -0.264 e. The van der Waals surface area contributed by atoms with Crippen molar-refractivity contribution in [1.82, 2.24) is 14.8 Å². The summed E-state index contributed by atoms with van der Waals surface area (Å²) in [6, 6.07) is 10.2. The van der Waals surface area contributed by atoms with Crippen molar-refractivity contribution in [3.05, 3.63) is 59.5 Å². The molecule has 2 heterocycles. The summed E-state index contributed by atoms with van der Waals surface area (Å²) >= 11 is 0. The Morgan fingerprint density at radius 2 is 2.05 bits per heavy atom. The van der Waals surface area contributed by atoms with Crippen LogP contribution in [0.5, 0.6) is 0 Å². The van der Waals surface area contributed by atoms with Crippen LogP contribution in [-0.4, -0.2) is 14.8 Å². The van der Waals surface area contributed by atoms with E-state index in [0.717, 1.165) is 6.20 Å². The van der Waals surface area contributed by atoms with E-state index in [9.17, 15) is 13.2 Å². The van der Waals surface area contributed by atoms with Gasteiger partial charge in [0.15, 0.2) is 5.69 Å². The standard InChI is InChI=1S/C15H9F3N4/c16-15(17,18)14-12-8-20-5-4-13(12)22(21-14)9-11-3-1-2-10(6-11)7-19/h1-6,8H,9H2. The van der Waals surface area contributed by atoms with Crippen LogP contribution in [-0.2, 0) is 12.7 Å². The number of halogens is 3. The Balaban J connectivity index is 2.10. The van der Waals surface area contributed by atoms with Crippen LogP contribution < -0.4 is 0 Å². The topological polar surface area (TPSA) is 54.5 Å². The number of fused-ring (bicyclic) bond motifs is 1. The lowest BCUT2D eigenvalue weighted by Gasteiger charge is -2.04. The maximum atomic E-state index is 13.0. The summed E-state index contributed by atoms with van der Waals surface area (Å²) in [5, 5.41) is 12.5. The molecular weight excluding hydrogens is 293 g/mol. The summed E-state index contributed by atoms with van der Waals surface area (Å²) in [6.07, 6.45) is -1.96. The Morgan fingerprint density at radius 3 is 2.77 bits per heavy atom. The van der Waals surface area contributed by atoms with Crippen LogP contribution in [0.1, 0.15) is 16.8 Å². The second kappa shape index (κ2) is 5.15. The van der Waals surface area contributed by atoms with Crippen molar-refractivity contribution in [2.45, 2.75) is 12.7 Å². The molecule has 3 aromatic rings. The first kappa shape index (κ1) is 14.1. The van der Waals surface area contributed by atoms with E-state index in [-0.39, 0.29) is 11.9 Å². The van der Waals surface area contributed by atoms with Gasteiger partial charge in [-0.15, -0.1) is 0 Å². The van der Waals surface area contributed by atoms with Gasteiger partial charge in [-0.05, 0) is 23.8 Å². The molecule has 0 unspecified atom stereocenters. The molecule has 0 fully saturated rings. The number of nitrogens with zero attached hydrogens (tertiary/aromatic N) is 4. The second-order valence-corrected chi connectivity index (χ2v) is 4.71. The minimum absolute atomic E-state index is 0.0357. The van der Waals surface area contributed by atoms with Crippen LogP contribution in [0.4, 0.5) is 13.2 Å². The highest BCUT2D eigenvalue weighted by molar-refractivity contribution is 5.81. The third kappa shape index (κ3) is 2.51. The van der Waals surface area contributed by atoms with E-state index >= 15 is 0 Å². The molecule has 4 nitrogen and oxygen atoms in total. The van der Waals surface area contributed by atoms with Crippen LogP contribution in [0, 0.1) is 11.3 Å². The third-order valence-electron chi connectivity index (χ3n) is 3.21. The van der Waals surface area contributed by atoms with Crippen molar-refractivity contribution in [3.8, 4) is 6.07 Å². The van der Waals surface area contributed by atoms with E-state index in [1.807, 2.05) is 6.07 Å². The number of nitriles is 1. The Morgan fingerprint density at radius 1 is 1.23 bits per heavy atom. The van der Waals surface area contributed by atoms with Crippen LogP contribution in [0.3, 0.4) is 0 Å². The SMILES string of the molecule is N#Cc1cccc(Cn2nc(C(F)(F)F)c3cnccc32)c1. The van der Waals surface area contributed by atoms with Crippen LogP contribution in [0.25, 0.3) is 10.9 Å². The molecule has 110 valence electrons. The highest BCUT2D eigenvalue weighted by Gasteiger charge is 2.36. The average Bonchev–Trinajstić information content (AvgIpc) is 2.87. The summed E-state index contributed by atoms with van der Waals surface area (Å²) < 4.78 is 40.4. The fourth-order valence-electron chi connectivity index (χ4n) is 2.27. The summed E-state index contributed by atoms with van der Waals surface area (Å²) in [6.45, 7) is 0.145. The molecule has 0 atom stereocenters. The van der Waals surface area contributed by atoms with Crippen molar-refractivity contribution >= 4 is 10.9 Å². The largest absolute Gasteiger partial charge is 0.435 e. The van der Waals surface area contributed by atoms with Gasteiger partial charge in [0.2, 0.25) is 0 Å². The molecule has 0 saturated carbocycles. The highest BCUT2D eigenvalue weighted by Crippen LogP contribution is 2.33. The molecule has 0 spiro atoms. The Kier molecular flexibility index (Phi) is 3.29. The molecule has 0 aliphatic rings. The third-order valence-corrected chi connectivity index (χ3v) is 3.21.